The Morgan fingerprint density at radius 1 is 1.39 bits per heavy atom. The Hall–Kier alpha value is -0.640. The average molecular weight is 273 g/mol. The number of hydrogen-bond acceptors (Lipinski definition) is 2. The number of nitrogens with zero attached hydrogens (tertiary/aromatic N) is 1. The van der Waals surface area contributed by atoms with Gasteiger partial charge in [0.25, 0.3) is 0 Å². The van der Waals surface area contributed by atoms with Gasteiger partial charge in [-0.15, -0.1) is 0 Å². The fourth-order valence-corrected chi connectivity index (χ4v) is 2.05. The molecule has 0 amide bonds. The van der Waals surface area contributed by atoms with Crippen molar-refractivity contribution in [3.63, 3.8) is 0 Å². The van der Waals surface area contributed by atoms with Crippen LogP contribution in [0, 0.1) is 5.82 Å². The first-order valence-electron chi connectivity index (χ1n) is 6.35. The third-order valence-corrected chi connectivity index (χ3v) is 3.19. The van der Waals surface area contributed by atoms with Crippen molar-refractivity contribution in [1.29, 1.82) is 0 Å². The van der Waals surface area contributed by atoms with E-state index in [4.69, 9.17) is 11.6 Å². The van der Waals surface area contributed by atoms with E-state index in [2.05, 4.69) is 31.2 Å². The lowest BCUT2D eigenvalue weighted by Crippen LogP contribution is -2.34. The predicted molar refractivity (Wildman–Crippen MR) is 75.7 cm³/mol. The van der Waals surface area contributed by atoms with E-state index in [-0.39, 0.29) is 10.8 Å². The maximum absolute atomic E-state index is 13.4. The lowest BCUT2D eigenvalue weighted by Gasteiger charge is -2.20. The van der Waals surface area contributed by atoms with Gasteiger partial charge in [0.1, 0.15) is 5.82 Å². The number of halogens is 2. The van der Waals surface area contributed by atoms with E-state index in [1.165, 1.54) is 6.07 Å². The fraction of sp³-hybridized carbons (Fsp3) is 0.571. The second-order valence-electron chi connectivity index (χ2n) is 4.80. The summed E-state index contributed by atoms with van der Waals surface area (Å²) in [7, 11) is 4.12. The molecule has 1 atom stereocenters. The first kappa shape index (κ1) is 15.4. The largest absolute Gasteiger partial charge is 0.314 e. The van der Waals surface area contributed by atoms with Gasteiger partial charge >= 0.3 is 0 Å². The Bertz CT molecular complexity index is 369. The van der Waals surface area contributed by atoms with Crippen LogP contribution >= 0.6 is 11.6 Å². The molecular weight excluding hydrogens is 251 g/mol. The topological polar surface area (TPSA) is 15.3 Å². The highest BCUT2D eigenvalue weighted by Crippen LogP contribution is 2.17. The molecule has 0 bridgehead atoms. The van der Waals surface area contributed by atoms with Crippen LogP contribution in [0.1, 0.15) is 18.9 Å². The van der Waals surface area contributed by atoms with Crippen molar-refractivity contribution in [1.82, 2.24) is 10.2 Å². The van der Waals surface area contributed by atoms with Crippen LogP contribution in [0.15, 0.2) is 18.2 Å². The number of benzene rings is 1. The Labute approximate surface area is 114 Å². The third kappa shape index (κ3) is 5.34. The van der Waals surface area contributed by atoms with Gasteiger partial charge in [-0.3, -0.25) is 0 Å². The van der Waals surface area contributed by atoms with Gasteiger partial charge in [-0.25, -0.2) is 4.39 Å². The molecule has 1 N–H and O–H groups in total. The van der Waals surface area contributed by atoms with Crippen molar-refractivity contribution in [2.45, 2.75) is 25.8 Å². The van der Waals surface area contributed by atoms with Gasteiger partial charge in [-0.2, -0.15) is 0 Å². The van der Waals surface area contributed by atoms with Crippen LogP contribution in [-0.2, 0) is 6.42 Å². The molecule has 1 aromatic rings. The van der Waals surface area contributed by atoms with Crippen LogP contribution in [0.4, 0.5) is 4.39 Å². The molecule has 0 aliphatic rings. The summed E-state index contributed by atoms with van der Waals surface area (Å²) >= 11 is 5.68. The monoisotopic (exact) mass is 272 g/mol. The number of likely N-dealkylation sites (N-methyl/N-ethyl adjacent to an activating group) is 1. The summed E-state index contributed by atoms with van der Waals surface area (Å²) in [6, 6.07) is 5.42. The molecule has 0 aromatic heterocycles. The van der Waals surface area contributed by atoms with Gasteiger partial charge in [0.05, 0.1) is 5.02 Å². The predicted octanol–water partition coefficient (Wildman–Crippen LogP) is 2.95. The molecule has 1 rings (SSSR count). The van der Waals surface area contributed by atoms with E-state index >= 15 is 0 Å². The SMILES string of the molecule is CCNC(CCN(C)C)Cc1ccc(Cl)c(F)c1. The minimum absolute atomic E-state index is 0.187. The van der Waals surface area contributed by atoms with Crippen LogP contribution in [-0.4, -0.2) is 38.1 Å². The lowest BCUT2D eigenvalue weighted by atomic mass is 10.0. The molecule has 1 unspecified atom stereocenters. The first-order chi connectivity index (χ1) is 8.52. The molecule has 1 aromatic carbocycles. The molecule has 0 heterocycles. The average Bonchev–Trinajstić information content (AvgIpc) is 2.31. The van der Waals surface area contributed by atoms with E-state index in [1.54, 1.807) is 6.07 Å². The number of hydrogen-bond donors (Lipinski definition) is 1. The van der Waals surface area contributed by atoms with Gasteiger partial charge in [0.2, 0.25) is 0 Å². The quantitative estimate of drug-likeness (QED) is 0.821. The number of rotatable bonds is 7. The van der Waals surface area contributed by atoms with Crippen molar-refractivity contribution < 1.29 is 4.39 Å². The zero-order valence-electron chi connectivity index (χ0n) is 11.3. The Morgan fingerprint density at radius 2 is 2.11 bits per heavy atom. The van der Waals surface area contributed by atoms with Crippen LogP contribution in [0.25, 0.3) is 0 Å². The summed E-state index contributed by atoms with van der Waals surface area (Å²) in [5.41, 5.74) is 0.988. The number of nitrogens with one attached hydrogen (secondary N) is 1. The van der Waals surface area contributed by atoms with Gasteiger partial charge in [-0.05, 0) is 57.7 Å². The Kier molecular flexibility index (Phi) is 6.61. The Morgan fingerprint density at radius 3 is 2.67 bits per heavy atom. The molecule has 4 heteroatoms. The second-order valence-corrected chi connectivity index (χ2v) is 5.21. The van der Waals surface area contributed by atoms with Gasteiger partial charge < -0.3 is 10.2 Å². The second kappa shape index (κ2) is 7.72. The van der Waals surface area contributed by atoms with Crippen molar-refractivity contribution in [2.75, 3.05) is 27.2 Å². The van der Waals surface area contributed by atoms with Gasteiger partial charge in [0, 0.05) is 6.04 Å². The maximum atomic E-state index is 13.4. The smallest absolute Gasteiger partial charge is 0.142 e. The highest BCUT2D eigenvalue weighted by molar-refractivity contribution is 6.30. The highest BCUT2D eigenvalue weighted by Gasteiger charge is 2.10. The van der Waals surface area contributed by atoms with Crippen LogP contribution in [0.2, 0.25) is 5.02 Å². The molecule has 0 saturated carbocycles. The normalized spacial score (nSPS) is 13.0. The molecule has 0 aliphatic heterocycles. The summed E-state index contributed by atoms with van der Waals surface area (Å²) in [4.78, 5) is 2.16. The van der Waals surface area contributed by atoms with Crippen LogP contribution in [0.3, 0.4) is 0 Å². The zero-order chi connectivity index (χ0) is 13.5. The molecule has 0 spiro atoms. The van der Waals surface area contributed by atoms with Crippen molar-refractivity contribution in [2.24, 2.45) is 0 Å². The summed E-state index contributed by atoms with van der Waals surface area (Å²) in [6.07, 6.45) is 1.88. The molecule has 0 radical (unpaired) electrons. The molecule has 0 fully saturated rings. The zero-order valence-corrected chi connectivity index (χ0v) is 12.1. The van der Waals surface area contributed by atoms with E-state index in [1.807, 2.05) is 6.07 Å². The lowest BCUT2D eigenvalue weighted by molar-refractivity contribution is 0.358. The molecule has 102 valence electrons. The Balaban J connectivity index is 2.61. The van der Waals surface area contributed by atoms with Crippen molar-refractivity contribution in [3.05, 3.63) is 34.6 Å². The van der Waals surface area contributed by atoms with Crippen LogP contribution in [0.5, 0.6) is 0 Å². The minimum atomic E-state index is -0.336. The summed E-state index contributed by atoms with van der Waals surface area (Å²) in [5.74, 6) is -0.336. The van der Waals surface area contributed by atoms with Crippen molar-refractivity contribution in [3.8, 4) is 0 Å². The third-order valence-electron chi connectivity index (χ3n) is 2.88. The van der Waals surface area contributed by atoms with E-state index in [0.29, 0.717) is 6.04 Å². The summed E-state index contributed by atoms with van der Waals surface area (Å²) in [6.45, 7) is 4.03. The molecule has 18 heavy (non-hydrogen) atoms. The van der Waals surface area contributed by atoms with Gasteiger partial charge in [0.15, 0.2) is 0 Å². The van der Waals surface area contributed by atoms with Crippen LogP contribution < -0.4 is 5.32 Å². The highest BCUT2D eigenvalue weighted by atomic mass is 35.5. The van der Waals surface area contributed by atoms with E-state index in [0.717, 1.165) is 31.5 Å². The van der Waals surface area contributed by atoms with Crippen molar-refractivity contribution >= 4 is 11.6 Å². The standard InChI is InChI=1S/C14H22ClFN2/c1-4-17-12(7-8-18(2)3)9-11-5-6-13(15)14(16)10-11/h5-6,10,12,17H,4,7-9H2,1-3H3. The van der Waals surface area contributed by atoms with Gasteiger partial charge in [-0.1, -0.05) is 24.6 Å². The van der Waals surface area contributed by atoms with E-state index < -0.39 is 0 Å². The molecule has 0 aliphatic carbocycles. The first-order valence-corrected chi connectivity index (χ1v) is 6.72. The fourth-order valence-electron chi connectivity index (χ4n) is 1.93. The summed E-state index contributed by atoms with van der Waals surface area (Å²) in [5, 5.41) is 3.63. The molecule has 2 nitrogen and oxygen atoms in total. The van der Waals surface area contributed by atoms with E-state index in [9.17, 15) is 4.39 Å². The minimum Gasteiger partial charge on any atom is -0.314 e. The molecule has 0 saturated heterocycles. The summed E-state index contributed by atoms with van der Waals surface area (Å²) < 4.78 is 13.4. The maximum Gasteiger partial charge on any atom is 0.142 e. The molecular formula is C14H22ClFN2.